The van der Waals surface area contributed by atoms with E-state index in [9.17, 15) is 0 Å². The maximum Gasteiger partial charge on any atom is 0.183 e. The van der Waals surface area contributed by atoms with Crippen LogP contribution in [-0.4, -0.2) is 29.1 Å². The molecule has 2 N–H and O–H groups in total. The molecular formula is C13H19N5. The largest absolute Gasteiger partial charge is 0.351 e. The van der Waals surface area contributed by atoms with Crippen molar-refractivity contribution in [3.8, 4) is 6.07 Å². The van der Waals surface area contributed by atoms with Gasteiger partial charge in [-0.25, -0.2) is 9.97 Å². The van der Waals surface area contributed by atoms with Crippen molar-refractivity contribution >= 4 is 5.82 Å². The Bertz CT molecular complexity index is 439. The number of anilines is 1. The number of nitrogens with two attached hydrogens (primary N) is 1. The molecule has 2 rings (SSSR count). The van der Waals surface area contributed by atoms with Gasteiger partial charge in [0.25, 0.3) is 0 Å². The summed E-state index contributed by atoms with van der Waals surface area (Å²) in [6.45, 7) is 3.61. The molecule has 0 bridgehead atoms. The Morgan fingerprint density at radius 3 is 2.89 bits per heavy atom. The van der Waals surface area contributed by atoms with Crippen molar-refractivity contribution in [1.29, 1.82) is 5.26 Å². The second kappa shape index (κ2) is 5.78. The fourth-order valence-electron chi connectivity index (χ4n) is 2.86. The second-order valence-corrected chi connectivity index (χ2v) is 4.62. The van der Waals surface area contributed by atoms with Gasteiger partial charge in [-0.05, 0) is 32.2 Å². The summed E-state index contributed by atoms with van der Waals surface area (Å²) in [4.78, 5) is 10.6. The highest BCUT2D eigenvalue weighted by Gasteiger charge is 2.32. The molecule has 2 atom stereocenters. The van der Waals surface area contributed by atoms with E-state index in [4.69, 9.17) is 11.0 Å². The standard InChI is InChI=1S/C13H19N5/c1-2-18(12-5-3-4-10(12)8-14)13-11(9-15)16-6-7-17-13/h6-7,10,12H,2-5,8,14H2,1H3. The number of nitriles is 1. The van der Waals surface area contributed by atoms with E-state index in [-0.39, 0.29) is 0 Å². The summed E-state index contributed by atoms with van der Waals surface area (Å²) in [5.74, 6) is 1.20. The molecule has 96 valence electrons. The van der Waals surface area contributed by atoms with Gasteiger partial charge < -0.3 is 10.6 Å². The molecule has 0 amide bonds. The predicted molar refractivity (Wildman–Crippen MR) is 70.0 cm³/mol. The molecule has 0 radical (unpaired) electrons. The zero-order chi connectivity index (χ0) is 13.0. The summed E-state index contributed by atoms with van der Waals surface area (Å²) in [5.41, 5.74) is 6.24. The van der Waals surface area contributed by atoms with E-state index in [1.165, 1.54) is 12.8 Å². The maximum atomic E-state index is 9.12. The van der Waals surface area contributed by atoms with E-state index in [1.54, 1.807) is 12.4 Å². The van der Waals surface area contributed by atoms with Crippen molar-refractivity contribution in [3.05, 3.63) is 18.1 Å². The van der Waals surface area contributed by atoms with E-state index in [0.29, 0.717) is 30.0 Å². The van der Waals surface area contributed by atoms with Gasteiger partial charge in [-0.15, -0.1) is 0 Å². The summed E-state index contributed by atoms with van der Waals surface area (Å²) >= 11 is 0. The van der Waals surface area contributed by atoms with E-state index >= 15 is 0 Å². The van der Waals surface area contributed by atoms with Crippen molar-refractivity contribution in [2.75, 3.05) is 18.0 Å². The quantitative estimate of drug-likeness (QED) is 0.865. The van der Waals surface area contributed by atoms with Gasteiger partial charge in [-0.2, -0.15) is 5.26 Å². The average Bonchev–Trinajstić information content (AvgIpc) is 2.88. The Kier molecular flexibility index (Phi) is 4.11. The summed E-state index contributed by atoms with van der Waals surface area (Å²) in [7, 11) is 0. The van der Waals surface area contributed by atoms with E-state index in [2.05, 4.69) is 27.9 Å². The van der Waals surface area contributed by atoms with Crippen LogP contribution in [0.15, 0.2) is 12.4 Å². The number of aromatic nitrogens is 2. The lowest BCUT2D eigenvalue weighted by Crippen LogP contribution is -2.41. The number of nitrogens with zero attached hydrogens (tertiary/aromatic N) is 4. The molecule has 1 aromatic rings. The molecule has 5 nitrogen and oxygen atoms in total. The summed E-state index contributed by atoms with van der Waals surface area (Å²) < 4.78 is 0. The van der Waals surface area contributed by atoms with Crippen molar-refractivity contribution in [3.63, 3.8) is 0 Å². The number of hydrogen-bond acceptors (Lipinski definition) is 5. The summed E-state index contributed by atoms with van der Waals surface area (Å²) in [5, 5.41) is 9.12. The number of rotatable bonds is 4. The van der Waals surface area contributed by atoms with Crippen molar-refractivity contribution < 1.29 is 0 Å². The van der Waals surface area contributed by atoms with Crippen LogP contribution in [0.4, 0.5) is 5.82 Å². The summed E-state index contributed by atoms with van der Waals surface area (Å²) in [6, 6.07) is 2.51. The highest BCUT2D eigenvalue weighted by molar-refractivity contribution is 5.50. The Balaban J connectivity index is 2.31. The van der Waals surface area contributed by atoms with Gasteiger partial charge in [0.05, 0.1) is 0 Å². The minimum absolute atomic E-state index is 0.392. The average molecular weight is 245 g/mol. The van der Waals surface area contributed by atoms with Crippen molar-refractivity contribution in [2.45, 2.75) is 32.2 Å². The molecule has 5 heteroatoms. The molecular weight excluding hydrogens is 226 g/mol. The molecule has 18 heavy (non-hydrogen) atoms. The smallest absolute Gasteiger partial charge is 0.183 e. The zero-order valence-electron chi connectivity index (χ0n) is 10.7. The zero-order valence-corrected chi connectivity index (χ0v) is 10.7. The third kappa shape index (κ3) is 2.29. The van der Waals surface area contributed by atoms with Crippen LogP contribution in [0.25, 0.3) is 0 Å². The topological polar surface area (TPSA) is 78.8 Å². The monoisotopic (exact) mass is 245 g/mol. The van der Waals surface area contributed by atoms with Crippen LogP contribution >= 0.6 is 0 Å². The minimum Gasteiger partial charge on any atom is -0.351 e. The second-order valence-electron chi connectivity index (χ2n) is 4.62. The van der Waals surface area contributed by atoms with Crippen LogP contribution in [0.5, 0.6) is 0 Å². The first kappa shape index (κ1) is 12.8. The Labute approximate surface area is 108 Å². The van der Waals surface area contributed by atoms with Gasteiger partial charge in [-0.1, -0.05) is 6.42 Å². The number of hydrogen-bond donors (Lipinski definition) is 1. The van der Waals surface area contributed by atoms with Crippen LogP contribution in [0.1, 0.15) is 31.9 Å². The van der Waals surface area contributed by atoms with Crippen molar-refractivity contribution in [1.82, 2.24) is 9.97 Å². The third-order valence-corrected chi connectivity index (χ3v) is 3.72. The first-order valence-electron chi connectivity index (χ1n) is 6.49. The van der Waals surface area contributed by atoms with Crippen molar-refractivity contribution in [2.24, 2.45) is 11.7 Å². The van der Waals surface area contributed by atoms with Gasteiger partial charge in [0.1, 0.15) is 6.07 Å². The van der Waals surface area contributed by atoms with E-state index in [1.807, 2.05) is 0 Å². The predicted octanol–water partition coefficient (Wildman–Crippen LogP) is 1.30. The lowest BCUT2D eigenvalue weighted by atomic mass is 10.0. The summed E-state index contributed by atoms with van der Waals surface area (Å²) in [6.07, 6.45) is 6.69. The normalized spacial score (nSPS) is 22.7. The molecule has 1 aliphatic rings. The third-order valence-electron chi connectivity index (χ3n) is 3.72. The molecule has 1 fully saturated rings. The van der Waals surface area contributed by atoms with Crippen LogP contribution in [0.2, 0.25) is 0 Å². The lowest BCUT2D eigenvalue weighted by Gasteiger charge is -2.32. The molecule has 0 spiro atoms. The molecule has 2 unspecified atom stereocenters. The van der Waals surface area contributed by atoms with E-state index < -0.39 is 0 Å². The van der Waals surface area contributed by atoms with E-state index in [0.717, 1.165) is 13.0 Å². The highest BCUT2D eigenvalue weighted by atomic mass is 15.2. The highest BCUT2D eigenvalue weighted by Crippen LogP contribution is 2.32. The molecule has 0 saturated heterocycles. The van der Waals surface area contributed by atoms with Crippen LogP contribution in [0, 0.1) is 17.2 Å². The molecule has 0 aromatic carbocycles. The van der Waals surface area contributed by atoms with Gasteiger partial charge in [0.2, 0.25) is 0 Å². The first-order chi connectivity index (χ1) is 8.81. The maximum absolute atomic E-state index is 9.12. The van der Waals surface area contributed by atoms with Crippen LogP contribution < -0.4 is 10.6 Å². The molecule has 1 heterocycles. The van der Waals surface area contributed by atoms with Crippen LogP contribution in [0.3, 0.4) is 0 Å². The SMILES string of the molecule is CCN(c1nccnc1C#N)C1CCCC1CN. The first-order valence-corrected chi connectivity index (χ1v) is 6.49. The Hall–Kier alpha value is -1.67. The molecule has 1 saturated carbocycles. The molecule has 0 aliphatic heterocycles. The minimum atomic E-state index is 0.392. The Morgan fingerprint density at radius 2 is 2.22 bits per heavy atom. The van der Waals surface area contributed by atoms with Gasteiger partial charge in [0.15, 0.2) is 11.5 Å². The lowest BCUT2D eigenvalue weighted by molar-refractivity contribution is 0.459. The van der Waals surface area contributed by atoms with Crippen LogP contribution in [-0.2, 0) is 0 Å². The Morgan fingerprint density at radius 1 is 1.44 bits per heavy atom. The fraction of sp³-hybridized carbons (Fsp3) is 0.615. The van der Waals surface area contributed by atoms with Gasteiger partial charge in [0, 0.05) is 25.0 Å². The molecule has 1 aromatic heterocycles. The molecule has 1 aliphatic carbocycles. The fourth-order valence-corrected chi connectivity index (χ4v) is 2.86. The van der Waals surface area contributed by atoms with Gasteiger partial charge >= 0.3 is 0 Å². The van der Waals surface area contributed by atoms with Gasteiger partial charge in [-0.3, -0.25) is 0 Å².